The van der Waals surface area contributed by atoms with Gasteiger partial charge in [-0.1, -0.05) is 0 Å². The Hall–Kier alpha value is -1.85. The molecule has 2 aliphatic rings. The predicted octanol–water partition coefficient (Wildman–Crippen LogP) is 1.19. The number of amides is 1. The topological polar surface area (TPSA) is 119 Å². The molecule has 1 aliphatic carbocycles. The van der Waals surface area contributed by atoms with E-state index in [0.717, 1.165) is 35.3 Å². The number of nitro groups is 1. The molecule has 1 unspecified atom stereocenters. The first kappa shape index (κ1) is 18.9. The van der Waals surface area contributed by atoms with Crippen molar-refractivity contribution < 1.29 is 22.9 Å². The largest absolute Gasteiger partial charge is 0.495 e. The van der Waals surface area contributed by atoms with Crippen LogP contribution in [0.1, 0.15) is 12.8 Å². The Bertz CT molecular complexity index is 825. The second kappa shape index (κ2) is 7.41. The minimum atomic E-state index is -4.04. The molecule has 1 N–H and O–H groups in total. The number of hydrogen-bond acceptors (Lipinski definition) is 7. The first-order valence-corrected chi connectivity index (χ1v) is 10.6. The molecule has 1 saturated heterocycles. The number of ether oxygens (including phenoxy) is 1. The lowest BCUT2D eigenvalue weighted by Gasteiger charge is -2.23. The van der Waals surface area contributed by atoms with Gasteiger partial charge in [0.25, 0.3) is 5.69 Å². The van der Waals surface area contributed by atoms with Crippen LogP contribution < -0.4 is 10.1 Å². The molecule has 142 valence electrons. The minimum absolute atomic E-state index is 0.117. The van der Waals surface area contributed by atoms with Gasteiger partial charge in [0.1, 0.15) is 16.7 Å². The van der Waals surface area contributed by atoms with Gasteiger partial charge in [-0.15, -0.1) is 11.8 Å². The lowest BCUT2D eigenvalue weighted by Crippen LogP contribution is -2.47. The SMILES string of the molecule is COc1cc([N+](=O)[O-])ccc1S(=O)(=O)N1CSCC1C(=O)NCC1CC1. The Morgan fingerprint density at radius 1 is 1.46 bits per heavy atom. The number of nitrogens with one attached hydrogen (secondary N) is 1. The second-order valence-corrected chi connectivity index (χ2v) is 9.05. The van der Waals surface area contributed by atoms with E-state index in [1.165, 1.54) is 18.9 Å². The summed E-state index contributed by atoms with van der Waals surface area (Å²) < 4.78 is 32.3. The highest BCUT2D eigenvalue weighted by Crippen LogP contribution is 2.35. The molecule has 9 nitrogen and oxygen atoms in total. The summed E-state index contributed by atoms with van der Waals surface area (Å²) in [5, 5.41) is 13.7. The van der Waals surface area contributed by atoms with Gasteiger partial charge in [-0.25, -0.2) is 8.42 Å². The van der Waals surface area contributed by atoms with Gasteiger partial charge in [0.2, 0.25) is 15.9 Å². The van der Waals surface area contributed by atoms with Crippen LogP contribution in [0.15, 0.2) is 23.1 Å². The lowest BCUT2D eigenvalue weighted by molar-refractivity contribution is -0.385. The third kappa shape index (κ3) is 3.79. The zero-order chi connectivity index (χ0) is 18.9. The maximum absolute atomic E-state index is 13.0. The van der Waals surface area contributed by atoms with Crippen molar-refractivity contribution in [3.63, 3.8) is 0 Å². The Balaban J connectivity index is 1.86. The fourth-order valence-electron chi connectivity index (χ4n) is 2.66. The van der Waals surface area contributed by atoms with E-state index >= 15 is 0 Å². The van der Waals surface area contributed by atoms with Crippen molar-refractivity contribution in [1.29, 1.82) is 0 Å². The maximum atomic E-state index is 13.0. The summed E-state index contributed by atoms with van der Waals surface area (Å²) >= 11 is 1.35. The highest BCUT2D eigenvalue weighted by Gasteiger charge is 2.41. The van der Waals surface area contributed by atoms with Crippen molar-refractivity contribution in [2.75, 3.05) is 25.3 Å². The van der Waals surface area contributed by atoms with Gasteiger partial charge in [0.15, 0.2) is 0 Å². The van der Waals surface area contributed by atoms with Crippen molar-refractivity contribution in [3.8, 4) is 5.75 Å². The van der Waals surface area contributed by atoms with Gasteiger partial charge in [-0.2, -0.15) is 4.31 Å². The van der Waals surface area contributed by atoms with E-state index in [2.05, 4.69) is 5.32 Å². The van der Waals surface area contributed by atoms with E-state index in [4.69, 9.17) is 4.74 Å². The molecule has 26 heavy (non-hydrogen) atoms. The number of rotatable bonds is 7. The summed E-state index contributed by atoms with van der Waals surface area (Å²) in [4.78, 5) is 22.5. The Labute approximate surface area is 155 Å². The average Bonchev–Trinajstić information content (AvgIpc) is 3.31. The summed E-state index contributed by atoms with van der Waals surface area (Å²) in [5.41, 5.74) is -0.268. The molecule has 0 spiro atoms. The molecule has 1 heterocycles. The molecule has 1 amide bonds. The molecule has 1 aromatic rings. The first-order chi connectivity index (χ1) is 12.3. The van der Waals surface area contributed by atoms with Crippen LogP contribution in [0.25, 0.3) is 0 Å². The molecular formula is C15H19N3O6S2. The summed E-state index contributed by atoms with van der Waals surface area (Å²) in [6, 6.07) is 2.52. The third-order valence-corrected chi connectivity index (χ3v) is 7.42. The zero-order valence-electron chi connectivity index (χ0n) is 14.1. The van der Waals surface area contributed by atoms with Crippen LogP contribution in [0.5, 0.6) is 5.75 Å². The zero-order valence-corrected chi connectivity index (χ0v) is 15.7. The molecule has 1 aliphatic heterocycles. The molecule has 11 heteroatoms. The number of carbonyl (C=O) groups excluding carboxylic acids is 1. The maximum Gasteiger partial charge on any atom is 0.273 e. The second-order valence-electron chi connectivity index (χ2n) is 6.19. The standard InChI is InChI=1S/C15H19N3O6S2/c1-24-13-6-11(18(20)21)4-5-14(13)26(22,23)17-9-25-8-12(17)15(19)16-7-10-2-3-10/h4-6,10,12H,2-3,7-9H2,1H3,(H,16,19). The van der Waals surface area contributed by atoms with Gasteiger partial charge >= 0.3 is 0 Å². The van der Waals surface area contributed by atoms with Crippen LogP contribution in [0.3, 0.4) is 0 Å². The number of methoxy groups -OCH3 is 1. The van der Waals surface area contributed by atoms with Gasteiger partial charge in [0.05, 0.1) is 24.0 Å². The van der Waals surface area contributed by atoms with Crippen molar-refractivity contribution >= 4 is 33.4 Å². The number of nitrogens with zero attached hydrogens (tertiary/aromatic N) is 2. The third-order valence-electron chi connectivity index (χ3n) is 4.35. The Morgan fingerprint density at radius 2 is 2.19 bits per heavy atom. The van der Waals surface area contributed by atoms with Gasteiger partial charge < -0.3 is 10.1 Å². The summed E-state index contributed by atoms with van der Waals surface area (Å²) in [6.45, 7) is 0.564. The number of benzene rings is 1. The average molecular weight is 401 g/mol. The Morgan fingerprint density at radius 3 is 2.81 bits per heavy atom. The van der Waals surface area contributed by atoms with Crippen LogP contribution in [0.2, 0.25) is 0 Å². The lowest BCUT2D eigenvalue weighted by atomic mass is 10.3. The smallest absolute Gasteiger partial charge is 0.273 e. The van der Waals surface area contributed by atoms with E-state index in [1.807, 2.05) is 0 Å². The van der Waals surface area contributed by atoms with Crippen molar-refractivity contribution in [3.05, 3.63) is 28.3 Å². The molecule has 0 radical (unpaired) electrons. The van der Waals surface area contributed by atoms with Crippen LogP contribution in [-0.4, -0.2) is 54.9 Å². The highest BCUT2D eigenvalue weighted by atomic mass is 32.2. The van der Waals surface area contributed by atoms with Crippen molar-refractivity contribution in [2.45, 2.75) is 23.8 Å². The minimum Gasteiger partial charge on any atom is -0.495 e. The molecule has 1 saturated carbocycles. The molecular weight excluding hydrogens is 382 g/mol. The number of sulfonamides is 1. The van der Waals surface area contributed by atoms with E-state index in [-0.39, 0.29) is 28.1 Å². The number of thioether (sulfide) groups is 1. The van der Waals surface area contributed by atoms with Crippen LogP contribution in [-0.2, 0) is 14.8 Å². The van der Waals surface area contributed by atoms with E-state index in [0.29, 0.717) is 18.2 Å². The fourth-order valence-corrected chi connectivity index (χ4v) is 5.95. The normalized spacial score (nSPS) is 20.7. The first-order valence-electron chi connectivity index (χ1n) is 8.04. The number of non-ortho nitro benzene ring substituents is 1. The number of carbonyl (C=O) groups is 1. The molecule has 3 rings (SSSR count). The Kier molecular flexibility index (Phi) is 5.39. The summed E-state index contributed by atoms with van der Waals surface area (Å²) in [7, 11) is -2.79. The van der Waals surface area contributed by atoms with E-state index < -0.39 is 21.0 Å². The quantitative estimate of drug-likeness (QED) is 0.538. The van der Waals surface area contributed by atoms with Crippen LogP contribution >= 0.6 is 11.8 Å². The monoisotopic (exact) mass is 401 g/mol. The number of nitro benzene ring substituents is 1. The van der Waals surface area contributed by atoms with Crippen LogP contribution in [0, 0.1) is 16.0 Å². The molecule has 1 aromatic carbocycles. The van der Waals surface area contributed by atoms with Gasteiger partial charge in [0, 0.05) is 18.4 Å². The molecule has 0 bridgehead atoms. The summed E-state index contributed by atoms with van der Waals surface area (Å²) in [5.74, 6) is 0.571. The molecule has 2 fully saturated rings. The van der Waals surface area contributed by atoms with Crippen LogP contribution in [0.4, 0.5) is 5.69 Å². The van der Waals surface area contributed by atoms with Gasteiger partial charge in [-0.3, -0.25) is 14.9 Å². The van der Waals surface area contributed by atoms with E-state index in [1.54, 1.807) is 0 Å². The van der Waals surface area contributed by atoms with Gasteiger partial charge in [-0.05, 0) is 24.8 Å². The van der Waals surface area contributed by atoms with Crippen molar-refractivity contribution in [1.82, 2.24) is 9.62 Å². The fraction of sp³-hybridized carbons (Fsp3) is 0.533. The van der Waals surface area contributed by atoms with E-state index in [9.17, 15) is 23.3 Å². The molecule has 0 aromatic heterocycles. The van der Waals surface area contributed by atoms with Crippen molar-refractivity contribution in [2.24, 2.45) is 5.92 Å². The molecule has 1 atom stereocenters. The highest BCUT2D eigenvalue weighted by molar-refractivity contribution is 8.00. The number of hydrogen-bond donors (Lipinski definition) is 1. The summed E-state index contributed by atoms with van der Waals surface area (Å²) in [6.07, 6.45) is 2.17. The predicted molar refractivity (Wildman–Crippen MR) is 95.5 cm³/mol.